The number of carbonyl (C=O) groups is 1. The number of hydrogen-bond acceptors (Lipinski definition) is 3. The Hall–Kier alpha value is -1.10. The number of amides is 1. The predicted octanol–water partition coefficient (Wildman–Crippen LogP) is 1.42. The molecule has 21 heavy (non-hydrogen) atoms. The smallest absolute Gasteiger partial charge is 0.237 e. The van der Waals surface area contributed by atoms with Crippen molar-refractivity contribution in [2.45, 2.75) is 31.8 Å². The Morgan fingerprint density at radius 3 is 2.76 bits per heavy atom. The van der Waals surface area contributed by atoms with Crippen molar-refractivity contribution in [1.82, 2.24) is 9.80 Å². The van der Waals surface area contributed by atoms with Gasteiger partial charge in [-0.05, 0) is 36.9 Å². The molecule has 0 aromatic heterocycles. The van der Waals surface area contributed by atoms with Gasteiger partial charge in [-0.2, -0.15) is 0 Å². The van der Waals surface area contributed by atoms with E-state index in [4.69, 9.17) is 5.73 Å². The molecule has 3 rings (SSSR count). The first kappa shape index (κ1) is 16.3. The topological polar surface area (TPSA) is 49.6 Å². The van der Waals surface area contributed by atoms with Crippen LogP contribution in [0.4, 0.5) is 0 Å². The number of rotatable bonds is 3. The van der Waals surface area contributed by atoms with Crippen molar-refractivity contribution in [2.75, 3.05) is 26.2 Å². The third-order valence-electron chi connectivity index (χ3n) is 4.59. The second kappa shape index (κ2) is 7.25. The molecule has 1 aromatic rings. The lowest BCUT2D eigenvalue weighted by Gasteiger charge is -2.31. The van der Waals surface area contributed by atoms with Crippen molar-refractivity contribution in [2.24, 2.45) is 5.73 Å². The molecule has 0 saturated carbocycles. The minimum atomic E-state index is 0. The van der Waals surface area contributed by atoms with Crippen LogP contribution in [0.3, 0.4) is 0 Å². The highest BCUT2D eigenvalue weighted by atomic mass is 35.5. The lowest BCUT2D eigenvalue weighted by Crippen LogP contribution is -2.45. The summed E-state index contributed by atoms with van der Waals surface area (Å²) < 4.78 is 0. The van der Waals surface area contributed by atoms with Gasteiger partial charge in [0.25, 0.3) is 0 Å². The molecule has 1 fully saturated rings. The summed E-state index contributed by atoms with van der Waals surface area (Å²) in [6.07, 6.45) is 3.27. The maximum Gasteiger partial charge on any atom is 0.237 e. The maximum absolute atomic E-state index is 12.5. The van der Waals surface area contributed by atoms with Gasteiger partial charge in [0, 0.05) is 25.7 Å². The molecule has 1 amide bonds. The van der Waals surface area contributed by atoms with Crippen LogP contribution in [0.5, 0.6) is 0 Å². The molecule has 4 nitrogen and oxygen atoms in total. The van der Waals surface area contributed by atoms with Crippen LogP contribution in [0.2, 0.25) is 0 Å². The van der Waals surface area contributed by atoms with Gasteiger partial charge in [-0.1, -0.05) is 24.3 Å². The fraction of sp³-hybridized carbons (Fsp3) is 0.562. The lowest BCUT2D eigenvalue weighted by molar-refractivity contribution is -0.133. The van der Waals surface area contributed by atoms with Gasteiger partial charge in [0.2, 0.25) is 5.91 Å². The van der Waals surface area contributed by atoms with E-state index in [2.05, 4.69) is 29.2 Å². The van der Waals surface area contributed by atoms with E-state index in [1.165, 1.54) is 11.1 Å². The largest absolute Gasteiger partial charge is 0.337 e. The van der Waals surface area contributed by atoms with E-state index in [-0.39, 0.29) is 18.3 Å². The standard InChI is InChI=1S/C16H23N3O.ClH/c17-10-15-6-3-8-18(15)12-16(20)19-9-7-13-4-1-2-5-14(13)11-19;/h1-2,4-5,15H,3,6-12,17H2;1H. The zero-order chi connectivity index (χ0) is 13.9. The van der Waals surface area contributed by atoms with Gasteiger partial charge in [0.15, 0.2) is 0 Å². The average Bonchev–Trinajstić information content (AvgIpc) is 2.94. The summed E-state index contributed by atoms with van der Waals surface area (Å²) >= 11 is 0. The number of benzene rings is 1. The van der Waals surface area contributed by atoms with Gasteiger partial charge in [-0.25, -0.2) is 0 Å². The van der Waals surface area contributed by atoms with Crippen molar-refractivity contribution in [3.8, 4) is 0 Å². The monoisotopic (exact) mass is 309 g/mol. The second-order valence-electron chi connectivity index (χ2n) is 5.84. The summed E-state index contributed by atoms with van der Waals surface area (Å²) in [6.45, 7) is 3.81. The highest BCUT2D eigenvalue weighted by molar-refractivity contribution is 5.85. The minimum Gasteiger partial charge on any atom is -0.337 e. The van der Waals surface area contributed by atoms with E-state index in [0.29, 0.717) is 19.1 Å². The third-order valence-corrected chi connectivity index (χ3v) is 4.59. The molecule has 1 saturated heterocycles. The fourth-order valence-corrected chi connectivity index (χ4v) is 3.35. The number of nitrogens with zero attached hydrogens (tertiary/aromatic N) is 2. The van der Waals surface area contributed by atoms with Crippen molar-refractivity contribution in [3.05, 3.63) is 35.4 Å². The molecule has 1 aromatic carbocycles. The summed E-state index contributed by atoms with van der Waals surface area (Å²) in [4.78, 5) is 16.7. The van der Waals surface area contributed by atoms with Crippen LogP contribution >= 0.6 is 12.4 Å². The minimum absolute atomic E-state index is 0. The van der Waals surface area contributed by atoms with E-state index >= 15 is 0 Å². The molecule has 1 unspecified atom stereocenters. The molecule has 2 N–H and O–H groups in total. The summed E-state index contributed by atoms with van der Waals surface area (Å²) in [5, 5.41) is 0. The summed E-state index contributed by atoms with van der Waals surface area (Å²) in [6, 6.07) is 8.83. The molecular formula is C16H24ClN3O. The molecule has 5 heteroatoms. The molecule has 2 heterocycles. The van der Waals surface area contributed by atoms with Crippen LogP contribution in [0, 0.1) is 0 Å². The van der Waals surface area contributed by atoms with E-state index in [1.807, 2.05) is 4.90 Å². The Labute approximate surface area is 132 Å². The third kappa shape index (κ3) is 3.57. The van der Waals surface area contributed by atoms with Crippen LogP contribution in [-0.2, 0) is 17.8 Å². The Morgan fingerprint density at radius 2 is 2.00 bits per heavy atom. The molecule has 116 valence electrons. The lowest BCUT2D eigenvalue weighted by atomic mass is 10.00. The second-order valence-corrected chi connectivity index (χ2v) is 5.84. The van der Waals surface area contributed by atoms with E-state index in [9.17, 15) is 4.79 Å². The highest BCUT2D eigenvalue weighted by Crippen LogP contribution is 2.20. The van der Waals surface area contributed by atoms with E-state index in [1.54, 1.807) is 0 Å². The number of halogens is 1. The van der Waals surface area contributed by atoms with Crippen molar-refractivity contribution < 1.29 is 4.79 Å². The molecule has 0 bridgehead atoms. The summed E-state index contributed by atoms with van der Waals surface area (Å²) in [5.74, 6) is 0.250. The number of carbonyl (C=O) groups excluding carboxylic acids is 1. The van der Waals surface area contributed by atoms with Crippen LogP contribution < -0.4 is 5.73 Å². The first-order chi connectivity index (χ1) is 9.78. The van der Waals surface area contributed by atoms with E-state index in [0.717, 1.165) is 38.9 Å². The predicted molar refractivity (Wildman–Crippen MR) is 86.5 cm³/mol. The normalized spacial score (nSPS) is 21.8. The quantitative estimate of drug-likeness (QED) is 0.918. The number of hydrogen-bond donors (Lipinski definition) is 1. The molecule has 0 spiro atoms. The first-order valence-electron chi connectivity index (χ1n) is 7.56. The Bertz CT molecular complexity index is 494. The maximum atomic E-state index is 12.5. The molecule has 0 radical (unpaired) electrons. The Balaban J connectivity index is 0.00000161. The van der Waals surface area contributed by atoms with Crippen LogP contribution in [0.15, 0.2) is 24.3 Å². The summed E-state index contributed by atoms with van der Waals surface area (Å²) in [5.41, 5.74) is 8.46. The zero-order valence-corrected chi connectivity index (χ0v) is 13.1. The SMILES string of the molecule is Cl.NCC1CCCN1CC(=O)N1CCc2ccccc2C1. The van der Waals surface area contributed by atoms with Crippen LogP contribution in [0.1, 0.15) is 24.0 Å². The van der Waals surface area contributed by atoms with Crippen molar-refractivity contribution in [1.29, 1.82) is 0 Å². The average molecular weight is 310 g/mol. The van der Waals surface area contributed by atoms with Gasteiger partial charge in [-0.15, -0.1) is 12.4 Å². The molecule has 1 atom stereocenters. The van der Waals surface area contributed by atoms with Gasteiger partial charge in [-0.3, -0.25) is 9.69 Å². The summed E-state index contributed by atoms with van der Waals surface area (Å²) in [7, 11) is 0. The Morgan fingerprint density at radius 1 is 1.24 bits per heavy atom. The van der Waals surface area contributed by atoms with Crippen molar-refractivity contribution >= 4 is 18.3 Å². The van der Waals surface area contributed by atoms with Gasteiger partial charge in [0.05, 0.1) is 6.54 Å². The van der Waals surface area contributed by atoms with Gasteiger partial charge in [0.1, 0.15) is 0 Å². The van der Waals surface area contributed by atoms with Crippen molar-refractivity contribution in [3.63, 3.8) is 0 Å². The van der Waals surface area contributed by atoms with Crippen LogP contribution in [0.25, 0.3) is 0 Å². The number of fused-ring (bicyclic) bond motifs is 1. The molecule has 0 aliphatic carbocycles. The Kier molecular flexibility index (Phi) is 5.62. The molecular weight excluding hydrogens is 286 g/mol. The molecule has 2 aliphatic heterocycles. The van der Waals surface area contributed by atoms with Gasteiger partial charge < -0.3 is 10.6 Å². The zero-order valence-electron chi connectivity index (χ0n) is 12.3. The number of likely N-dealkylation sites (tertiary alicyclic amines) is 1. The number of nitrogens with two attached hydrogens (primary N) is 1. The fourth-order valence-electron chi connectivity index (χ4n) is 3.35. The van der Waals surface area contributed by atoms with Crippen LogP contribution in [-0.4, -0.2) is 47.9 Å². The first-order valence-corrected chi connectivity index (χ1v) is 7.56. The molecule has 2 aliphatic rings. The van der Waals surface area contributed by atoms with Gasteiger partial charge >= 0.3 is 0 Å². The highest BCUT2D eigenvalue weighted by Gasteiger charge is 2.28. The van der Waals surface area contributed by atoms with E-state index < -0.39 is 0 Å².